The zero-order valence-electron chi connectivity index (χ0n) is 11.0. The van der Waals surface area contributed by atoms with Crippen LogP contribution in [0.5, 0.6) is 11.6 Å². The summed E-state index contributed by atoms with van der Waals surface area (Å²) < 4.78 is 5.79. The van der Waals surface area contributed by atoms with Crippen molar-refractivity contribution in [2.75, 3.05) is 5.73 Å². The quantitative estimate of drug-likeness (QED) is 0.888. The van der Waals surface area contributed by atoms with Gasteiger partial charge in [-0.1, -0.05) is 26.0 Å². The molecule has 0 atom stereocenters. The van der Waals surface area contributed by atoms with E-state index < -0.39 is 0 Å². The smallest absolute Gasteiger partial charge is 0.242 e. The standard InChI is InChI=1S/C15H18N2O/c1-10(2)12-7-6-11(3)14(9-12)18-15-13(16)5-4-8-17-15/h4-10H,16H2,1-3H3. The van der Waals surface area contributed by atoms with Gasteiger partial charge in [-0.05, 0) is 42.2 Å². The Morgan fingerprint density at radius 2 is 2.00 bits per heavy atom. The Labute approximate surface area is 108 Å². The van der Waals surface area contributed by atoms with Gasteiger partial charge in [0.15, 0.2) is 0 Å². The number of hydrogen-bond acceptors (Lipinski definition) is 3. The Morgan fingerprint density at radius 3 is 2.67 bits per heavy atom. The molecule has 3 heteroatoms. The highest BCUT2D eigenvalue weighted by Gasteiger charge is 2.08. The maximum absolute atomic E-state index is 5.83. The van der Waals surface area contributed by atoms with Crippen molar-refractivity contribution in [2.24, 2.45) is 0 Å². The van der Waals surface area contributed by atoms with Crippen LogP contribution in [0.25, 0.3) is 0 Å². The van der Waals surface area contributed by atoms with Crippen molar-refractivity contribution >= 4 is 5.69 Å². The van der Waals surface area contributed by atoms with Crippen molar-refractivity contribution in [2.45, 2.75) is 26.7 Å². The van der Waals surface area contributed by atoms with Crippen LogP contribution in [0.2, 0.25) is 0 Å². The molecule has 0 aliphatic heterocycles. The molecule has 0 saturated carbocycles. The van der Waals surface area contributed by atoms with Crippen molar-refractivity contribution < 1.29 is 4.74 Å². The van der Waals surface area contributed by atoms with Gasteiger partial charge in [-0.2, -0.15) is 0 Å². The first-order valence-corrected chi connectivity index (χ1v) is 6.07. The Balaban J connectivity index is 2.34. The Bertz CT molecular complexity index is 550. The minimum Gasteiger partial charge on any atom is -0.437 e. The second-order valence-electron chi connectivity index (χ2n) is 4.68. The van der Waals surface area contributed by atoms with Crippen molar-refractivity contribution in [1.82, 2.24) is 4.98 Å². The Morgan fingerprint density at radius 1 is 1.22 bits per heavy atom. The fraction of sp³-hybridized carbons (Fsp3) is 0.267. The van der Waals surface area contributed by atoms with E-state index >= 15 is 0 Å². The fourth-order valence-electron chi connectivity index (χ4n) is 1.68. The van der Waals surface area contributed by atoms with Gasteiger partial charge in [0.1, 0.15) is 5.75 Å². The lowest BCUT2D eigenvalue weighted by atomic mass is 10.0. The van der Waals surface area contributed by atoms with Gasteiger partial charge in [-0.3, -0.25) is 0 Å². The number of nitrogen functional groups attached to an aromatic ring is 1. The molecule has 18 heavy (non-hydrogen) atoms. The molecule has 1 heterocycles. The molecule has 3 nitrogen and oxygen atoms in total. The lowest BCUT2D eigenvalue weighted by molar-refractivity contribution is 0.461. The summed E-state index contributed by atoms with van der Waals surface area (Å²) in [5.41, 5.74) is 8.69. The van der Waals surface area contributed by atoms with Crippen LogP contribution in [-0.4, -0.2) is 4.98 Å². The predicted octanol–water partition coefficient (Wildman–Crippen LogP) is 3.89. The van der Waals surface area contributed by atoms with Gasteiger partial charge in [-0.25, -0.2) is 4.98 Å². The van der Waals surface area contributed by atoms with E-state index in [-0.39, 0.29) is 0 Å². The predicted molar refractivity (Wildman–Crippen MR) is 74.0 cm³/mol. The molecule has 2 aromatic rings. The normalized spacial score (nSPS) is 10.7. The minimum atomic E-state index is 0.460. The van der Waals surface area contributed by atoms with Crippen LogP contribution in [0, 0.1) is 6.92 Å². The zero-order valence-corrected chi connectivity index (χ0v) is 11.0. The minimum absolute atomic E-state index is 0.460. The second kappa shape index (κ2) is 5.08. The molecular formula is C15H18N2O. The number of nitrogens with two attached hydrogens (primary N) is 1. The van der Waals surface area contributed by atoms with Crippen molar-refractivity contribution in [1.29, 1.82) is 0 Å². The summed E-state index contributed by atoms with van der Waals surface area (Å²) in [5, 5.41) is 0. The summed E-state index contributed by atoms with van der Waals surface area (Å²) in [6, 6.07) is 9.80. The molecule has 0 aliphatic carbocycles. The number of benzene rings is 1. The van der Waals surface area contributed by atoms with Crippen molar-refractivity contribution in [3.05, 3.63) is 47.7 Å². The van der Waals surface area contributed by atoms with E-state index in [9.17, 15) is 0 Å². The molecule has 2 rings (SSSR count). The molecular weight excluding hydrogens is 224 g/mol. The number of nitrogens with zero attached hydrogens (tertiary/aromatic N) is 1. The summed E-state index contributed by atoms with van der Waals surface area (Å²) in [6.07, 6.45) is 1.67. The Kier molecular flexibility index (Phi) is 3.51. The number of aromatic nitrogens is 1. The summed E-state index contributed by atoms with van der Waals surface area (Å²) >= 11 is 0. The third-order valence-electron chi connectivity index (χ3n) is 2.89. The van der Waals surface area contributed by atoms with Gasteiger partial charge in [0.25, 0.3) is 0 Å². The van der Waals surface area contributed by atoms with Gasteiger partial charge in [0.2, 0.25) is 5.88 Å². The number of pyridine rings is 1. The van der Waals surface area contributed by atoms with Crippen LogP contribution in [0.3, 0.4) is 0 Å². The molecule has 0 saturated heterocycles. The molecule has 0 aliphatic rings. The molecule has 1 aromatic carbocycles. The topological polar surface area (TPSA) is 48.1 Å². The van der Waals surface area contributed by atoms with Crippen molar-refractivity contribution in [3.8, 4) is 11.6 Å². The zero-order chi connectivity index (χ0) is 13.1. The maximum atomic E-state index is 5.83. The average Bonchev–Trinajstić information content (AvgIpc) is 2.34. The van der Waals surface area contributed by atoms with E-state index in [2.05, 4.69) is 31.0 Å². The maximum Gasteiger partial charge on any atom is 0.242 e. The molecule has 0 fully saturated rings. The van der Waals surface area contributed by atoms with Gasteiger partial charge in [0, 0.05) is 6.20 Å². The fourth-order valence-corrected chi connectivity index (χ4v) is 1.68. The SMILES string of the molecule is Cc1ccc(C(C)C)cc1Oc1ncccc1N. The van der Waals surface area contributed by atoms with Crippen LogP contribution in [0.4, 0.5) is 5.69 Å². The van der Waals surface area contributed by atoms with Gasteiger partial charge in [0.05, 0.1) is 5.69 Å². The highest BCUT2D eigenvalue weighted by molar-refractivity contribution is 5.50. The van der Waals surface area contributed by atoms with Gasteiger partial charge < -0.3 is 10.5 Å². The van der Waals surface area contributed by atoms with Crippen LogP contribution in [0.1, 0.15) is 30.9 Å². The molecule has 0 spiro atoms. The number of rotatable bonds is 3. The monoisotopic (exact) mass is 242 g/mol. The number of ether oxygens (including phenoxy) is 1. The third-order valence-corrected chi connectivity index (χ3v) is 2.89. The summed E-state index contributed by atoms with van der Waals surface area (Å²) in [5.74, 6) is 1.74. The third kappa shape index (κ3) is 2.62. The van der Waals surface area contributed by atoms with Crippen LogP contribution >= 0.6 is 0 Å². The number of hydrogen-bond donors (Lipinski definition) is 1. The van der Waals surface area contributed by atoms with E-state index in [0.29, 0.717) is 17.5 Å². The van der Waals surface area contributed by atoms with Gasteiger partial charge in [-0.15, -0.1) is 0 Å². The largest absolute Gasteiger partial charge is 0.437 e. The first-order chi connectivity index (χ1) is 8.58. The highest BCUT2D eigenvalue weighted by Crippen LogP contribution is 2.30. The number of aryl methyl sites for hydroxylation is 1. The molecule has 94 valence electrons. The van der Waals surface area contributed by atoms with E-state index in [1.165, 1.54) is 5.56 Å². The van der Waals surface area contributed by atoms with Crippen molar-refractivity contribution in [3.63, 3.8) is 0 Å². The van der Waals surface area contributed by atoms with E-state index in [4.69, 9.17) is 10.5 Å². The lowest BCUT2D eigenvalue weighted by Crippen LogP contribution is -1.97. The first kappa shape index (κ1) is 12.4. The van der Waals surface area contributed by atoms with E-state index in [1.54, 1.807) is 18.3 Å². The van der Waals surface area contributed by atoms with E-state index in [1.807, 2.05) is 13.0 Å². The summed E-state index contributed by atoms with van der Waals surface area (Å²) in [7, 11) is 0. The summed E-state index contributed by atoms with van der Waals surface area (Å²) in [4.78, 5) is 4.14. The van der Waals surface area contributed by atoms with E-state index in [0.717, 1.165) is 11.3 Å². The molecule has 0 amide bonds. The van der Waals surface area contributed by atoms with Crippen LogP contribution in [0.15, 0.2) is 36.5 Å². The highest BCUT2D eigenvalue weighted by atomic mass is 16.5. The molecule has 0 unspecified atom stereocenters. The first-order valence-electron chi connectivity index (χ1n) is 6.07. The molecule has 2 N–H and O–H groups in total. The molecule has 0 radical (unpaired) electrons. The van der Waals surface area contributed by atoms with Crippen LogP contribution < -0.4 is 10.5 Å². The summed E-state index contributed by atoms with van der Waals surface area (Å²) in [6.45, 7) is 6.33. The molecule has 1 aromatic heterocycles. The van der Waals surface area contributed by atoms with Crippen LogP contribution in [-0.2, 0) is 0 Å². The lowest BCUT2D eigenvalue weighted by Gasteiger charge is -2.12. The van der Waals surface area contributed by atoms with Gasteiger partial charge >= 0.3 is 0 Å². The number of anilines is 1. The molecule has 0 bridgehead atoms. The average molecular weight is 242 g/mol. The second-order valence-corrected chi connectivity index (χ2v) is 4.68. The Hall–Kier alpha value is -2.03.